The van der Waals surface area contributed by atoms with E-state index in [0.717, 1.165) is 17.1 Å². The molecule has 1 unspecified atom stereocenters. The van der Waals surface area contributed by atoms with E-state index in [2.05, 4.69) is 0 Å². The van der Waals surface area contributed by atoms with Crippen LogP contribution in [-0.2, 0) is 24.2 Å². The topological polar surface area (TPSA) is 135 Å². The van der Waals surface area contributed by atoms with Gasteiger partial charge in [0.05, 0.1) is 11.3 Å². The van der Waals surface area contributed by atoms with E-state index in [0.29, 0.717) is 4.88 Å². The van der Waals surface area contributed by atoms with Gasteiger partial charge in [-0.05, 0) is 23.1 Å². The average Bonchev–Trinajstić information content (AvgIpc) is 3.02. The molecule has 2 amide bonds. The fourth-order valence-electron chi connectivity index (χ4n) is 2.73. The van der Waals surface area contributed by atoms with Gasteiger partial charge in [-0.2, -0.15) is 0 Å². The summed E-state index contributed by atoms with van der Waals surface area (Å²) >= 11 is 1.33. The van der Waals surface area contributed by atoms with Gasteiger partial charge < -0.3 is 10.8 Å². The Hall–Kier alpha value is -2.72. The van der Waals surface area contributed by atoms with Gasteiger partial charge in [0, 0.05) is 11.0 Å². The first-order valence-electron chi connectivity index (χ1n) is 6.96. The number of amides is 2. The normalized spacial score (nSPS) is 23.7. The van der Waals surface area contributed by atoms with E-state index in [4.69, 9.17) is 5.73 Å². The Morgan fingerprint density at radius 1 is 1.40 bits per heavy atom. The van der Waals surface area contributed by atoms with Gasteiger partial charge in [0.15, 0.2) is 15.2 Å². The molecule has 0 radical (unpaired) electrons. The van der Waals surface area contributed by atoms with Crippen LogP contribution in [0, 0.1) is 0 Å². The summed E-state index contributed by atoms with van der Waals surface area (Å²) in [5, 5.41) is 9.85. The van der Waals surface area contributed by atoms with Gasteiger partial charge in [0.1, 0.15) is 5.70 Å². The molecule has 0 aliphatic carbocycles. The number of β-lactam (4-membered cyclic amide) rings is 1. The standard InChI is InChI=1S/C15H12N2O6S2/c16-11(18)4-3-8-7-25(22,23)14-10(6-9-2-1-5-24-9)13(19)17(14)12(8)15(20)21/h1-6,14H,7H2,(H2,16,18)(H,20,21)/b4-3+,10-6-. The Morgan fingerprint density at radius 3 is 2.68 bits per heavy atom. The van der Waals surface area contributed by atoms with Crippen LogP contribution in [0.3, 0.4) is 0 Å². The van der Waals surface area contributed by atoms with Crippen LogP contribution in [-0.4, -0.2) is 47.3 Å². The highest BCUT2D eigenvalue weighted by atomic mass is 32.2. The van der Waals surface area contributed by atoms with Gasteiger partial charge >= 0.3 is 5.97 Å². The number of hydrogen-bond acceptors (Lipinski definition) is 6. The highest BCUT2D eigenvalue weighted by molar-refractivity contribution is 7.92. The Balaban J connectivity index is 2.11. The van der Waals surface area contributed by atoms with Crippen LogP contribution in [0.2, 0.25) is 0 Å². The minimum atomic E-state index is -3.86. The molecule has 3 rings (SSSR count). The zero-order valence-corrected chi connectivity index (χ0v) is 14.2. The van der Waals surface area contributed by atoms with E-state index in [1.807, 2.05) is 0 Å². The quantitative estimate of drug-likeness (QED) is 0.562. The highest BCUT2D eigenvalue weighted by Gasteiger charge is 2.56. The van der Waals surface area contributed by atoms with Crippen molar-refractivity contribution in [3.63, 3.8) is 0 Å². The lowest BCUT2D eigenvalue weighted by atomic mass is 10.0. The first-order valence-corrected chi connectivity index (χ1v) is 9.56. The Morgan fingerprint density at radius 2 is 2.12 bits per heavy atom. The molecule has 3 heterocycles. The predicted molar refractivity (Wildman–Crippen MR) is 89.7 cm³/mol. The average molecular weight is 380 g/mol. The van der Waals surface area contributed by atoms with Gasteiger partial charge in [-0.15, -0.1) is 11.3 Å². The fraction of sp³-hybridized carbons (Fsp3) is 0.133. The largest absolute Gasteiger partial charge is 0.477 e. The molecule has 25 heavy (non-hydrogen) atoms. The summed E-state index contributed by atoms with van der Waals surface area (Å²) in [6.07, 6.45) is 3.34. The van der Waals surface area contributed by atoms with Crippen molar-refractivity contribution in [2.24, 2.45) is 5.73 Å². The second kappa shape index (κ2) is 5.97. The summed E-state index contributed by atoms with van der Waals surface area (Å²) in [7, 11) is -3.86. The lowest BCUT2D eigenvalue weighted by molar-refractivity contribution is -0.141. The van der Waals surface area contributed by atoms with Crippen molar-refractivity contribution >= 4 is 45.0 Å². The molecule has 1 fully saturated rings. The number of nitrogens with zero attached hydrogens (tertiary/aromatic N) is 1. The third-order valence-electron chi connectivity index (χ3n) is 3.70. The van der Waals surface area contributed by atoms with Crippen LogP contribution in [0.15, 0.2) is 46.5 Å². The van der Waals surface area contributed by atoms with Gasteiger partial charge in [-0.1, -0.05) is 12.1 Å². The number of nitrogens with two attached hydrogens (primary N) is 1. The molecule has 0 saturated carbocycles. The van der Waals surface area contributed by atoms with Crippen LogP contribution in [0.5, 0.6) is 0 Å². The third kappa shape index (κ3) is 2.89. The van der Waals surface area contributed by atoms with Crippen molar-refractivity contribution in [1.29, 1.82) is 0 Å². The van der Waals surface area contributed by atoms with E-state index in [9.17, 15) is 27.9 Å². The molecule has 2 aliphatic rings. The number of primary amides is 1. The first kappa shape index (κ1) is 17.1. The monoisotopic (exact) mass is 380 g/mol. The molecule has 10 heteroatoms. The number of sulfone groups is 1. The lowest BCUT2D eigenvalue weighted by Crippen LogP contribution is -2.62. The number of aliphatic carboxylic acids is 1. The van der Waals surface area contributed by atoms with Gasteiger partial charge in [0.2, 0.25) is 5.91 Å². The van der Waals surface area contributed by atoms with Crippen molar-refractivity contribution < 1.29 is 27.9 Å². The summed E-state index contributed by atoms with van der Waals surface area (Å²) < 4.78 is 25.1. The SMILES string of the molecule is NC(=O)/C=C/C1=C(C(=O)O)N2C(=O)/C(=C/c3cccs3)C2S(=O)(=O)C1. The number of hydrogen-bond donors (Lipinski definition) is 2. The molecular weight excluding hydrogens is 368 g/mol. The third-order valence-corrected chi connectivity index (χ3v) is 6.38. The van der Waals surface area contributed by atoms with E-state index in [-0.39, 0.29) is 11.1 Å². The number of rotatable bonds is 4. The van der Waals surface area contributed by atoms with E-state index in [1.165, 1.54) is 17.4 Å². The molecule has 1 saturated heterocycles. The molecule has 0 spiro atoms. The summed E-state index contributed by atoms with van der Waals surface area (Å²) in [6.45, 7) is 0. The molecular formula is C15H12N2O6S2. The minimum Gasteiger partial charge on any atom is -0.477 e. The van der Waals surface area contributed by atoms with Crippen molar-refractivity contribution in [3.05, 3.63) is 51.4 Å². The van der Waals surface area contributed by atoms with Gasteiger partial charge in [-0.3, -0.25) is 14.5 Å². The fourth-order valence-corrected chi connectivity index (χ4v) is 5.29. The Bertz CT molecular complexity index is 970. The summed E-state index contributed by atoms with van der Waals surface area (Å²) in [6, 6.07) is 3.47. The second-order valence-electron chi connectivity index (χ2n) is 5.36. The van der Waals surface area contributed by atoms with Crippen LogP contribution in [0.25, 0.3) is 6.08 Å². The molecule has 8 nitrogen and oxygen atoms in total. The number of carbonyl (C=O) groups excluding carboxylic acids is 2. The maximum Gasteiger partial charge on any atom is 0.352 e. The Kier molecular flexibility index (Phi) is 4.09. The second-order valence-corrected chi connectivity index (χ2v) is 8.40. The summed E-state index contributed by atoms with van der Waals surface area (Å²) in [5.41, 5.74) is 4.38. The van der Waals surface area contributed by atoms with E-state index < -0.39 is 44.4 Å². The van der Waals surface area contributed by atoms with Crippen LogP contribution in [0.4, 0.5) is 0 Å². The summed E-state index contributed by atoms with van der Waals surface area (Å²) in [5.74, 6) is -3.60. The number of allylic oxidation sites excluding steroid dienone is 1. The van der Waals surface area contributed by atoms with Crippen molar-refractivity contribution in [2.45, 2.75) is 5.37 Å². The molecule has 1 aromatic heterocycles. The molecule has 1 aromatic rings. The zero-order valence-electron chi connectivity index (χ0n) is 12.6. The van der Waals surface area contributed by atoms with E-state index >= 15 is 0 Å². The number of carboxylic acids is 1. The molecule has 1 atom stereocenters. The molecule has 0 aromatic carbocycles. The number of carboxylic acid groups (broad SMARTS) is 1. The van der Waals surface area contributed by atoms with Crippen LogP contribution in [0.1, 0.15) is 4.88 Å². The number of thiophene rings is 1. The lowest BCUT2D eigenvalue weighted by Gasteiger charge is -2.45. The van der Waals surface area contributed by atoms with Gasteiger partial charge in [0.25, 0.3) is 5.91 Å². The smallest absolute Gasteiger partial charge is 0.352 e. The minimum absolute atomic E-state index is 0.0270. The number of fused-ring (bicyclic) bond motifs is 1. The molecule has 3 N–H and O–H groups in total. The first-order chi connectivity index (χ1) is 11.7. The maximum atomic E-state index is 12.5. The van der Waals surface area contributed by atoms with Crippen LogP contribution < -0.4 is 5.73 Å². The van der Waals surface area contributed by atoms with Crippen molar-refractivity contribution in [3.8, 4) is 0 Å². The van der Waals surface area contributed by atoms with Crippen molar-refractivity contribution in [2.75, 3.05) is 5.75 Å². The van der Waals surface area contributed by atoms with Gasteiger partial charge in [-0.25, -0.2) is 13.2 Å². The van der Waals surface area contributed by atoms with E-state index in [1.54, 1.807) is 17.5 Å². The zero-order chi connectivity index (χ0) is 18.4. The van der Waals surface area contributed by atoms with Crippen molar-refractivity contribution in [1.82, 2.24) is 4.90 Å². The Labute approximate surface area is 146 Å². The molecule has 130 valence electrons. The number of carbonyl (C=O) groups is 3. The maximum absolute atomic E-state index is 12.5. The van der Waals surface area contributed by atoms with Crippen LogP contribution >= 0.6 is 11.3 Å². The predicted octanol–water partition coefficient (Wildman–Crippen LogP) is 0.108. The summed E-state index contributed by atoms with van der Waals surface area (Å²) in [4.78, 5) is 36.3. The molecule has 2 aliphatic heterocycles. The molecule has 0 bridgehead atoms. The highest BCUT2D eigenvalue weighted by Crippen LogP contribution is 2.41.